The summed E-state index contributed by atoms with van der Waals surface area (Å²) in [6.07, 6.45) is 12.1. The molecule has 0 bridgehead atoms. The van der Waals surface area contributed by atoms with Gasteiger partial charge in [-0.1, -0.05) is 31.4 Å². The van der Waals surface area contributed by atoms with Crippen molar-refractivity contribution in [2.45, 2.75) is 38.0 Å². The third-order valence-corrected chi connectivity index (χ3v) is 5.08. The highest BCUT2D eigenvalue weighted by Gasteiger charge is 2.16. The summed E-state index contributed by atoms with van der Waals surface area (Å²) in [6.45, 7) is 0. The van der Waals surface area contributed by atoms with Crippen molar-refractivity contribution < 1.29 is 0 Å². The molecular weight excluding hydrogens is 308 g/mol. The Morgan fingerprint density at radius 2 is 1.92 bits per heavy atom. The molecule has 0 aliphatic heterocycles. The molecule has 0 amide bonds. The minimum absolute atomic E-state index is 0.676. The fraction of sp³-hybridized carbons (Fsp3) is 0.286. The van der Waals surface area contributed by atoms with Crippen molar-refractivity contribution in [2.75, 3.05) is 11.1 Å². The maximum atomic E-state index is 6.33. The van der Waals surface area contributed by atoms with Gasteiger partial charge in [-0.25, -0.2) is 4.98 Å². The van der Waals surface area contributed by atoms with Crippen LogP contribution in [0.5, 0.6) is 0 Å². The van der Waals surface area contributed by atoms with Crippen molar-refractivity contribution >= 4 is 17.1 Å². The quantitative estimate of drug-likeness (QED) is 0.642. The van der Waals surface area contributed by atoms with Crippen LogP contribution in [0, 0.1) is 0 Å². The van der Waals surface area contributed by atoms with E-state index in [1.54, 1.807) is 12.5 Å². The molecule has 0 saturated heterocycles. The van der Waals surface area contributed by atoms with Crippen molar-refractivity contribution in [3.8, 4) is 5.69 Å². The van der Waals surface area contributed by atoms with Gasteiger partial charge in [0.25, 0.3) is 0 Å². The second-order valence-electron chi connectivity index (χ2n) is 6.83. The summed E-state index contributed by atoms with van der Waals surface area (Å²) >= 11 is 0. The van der Waals surface area contributed by atoms with Gasteiger partial charge in [0, 0.05) is 23.8 Å². The number of imidazole rings is 1. The number of nitrogens with two attached hydrogens (primary N) is 1. The van der Waals surface area contributed by atoms with Gasteiger partial charge >= 0.3 is 0 Å². The predicted molar refractivity (Wildman–Crippen MR) is 104 cm³/mol. The first kappa shape index (κ1) is 15.8. The molecule has 1 aliphatic carbocycles. The van der Waals surface area contributed by atoms with Gasteiger partial charge in [-0.2, -0.15) is 0 Å². The summed E-state index contributed by atoms with van der Waals surface area (Å²) in [7, 11) is 0. The molecule has 0 radical (unpaired) electrons. The highest BCUT2D eigenvalue weighted by Crippen LogP contribution is 2.35. The van der Waals surface area contributed by atoms with Crippen LogP contribution in [-0.2, 0) is 0 Å². The smallest absolute Gasteiger partial charge is 0.0991 e. The molecule has 1 fully saturated rings. The van der Waals surface area contributed by atoms with E-state index >= 15 is 0 Å². The Hall–Kier alpha value is -2.75. The van der Waals surface area contributed by atoms with Crippen LogP contribution in [0.2, 0.25) is 0 Å². The van der Waals surface area contributed by atoms with E-state index < -0.39 is 0 Å². The van der Waals surface area contributed by atoms with Gasteiger partial charge in [0.1, 0.15) is 0 Å². The van der Waals surface area contributed by atoms with E-state index in [9.17, 15) is 0 Å². The molecule has 2 aromatic carbocycles. The molecule has 4 nitrogen and oxygen atoms in total. The Morgan fingerprint density at radius 1 is 1.04 bits per heavy atom. The van der Waals surface area contributed by atoms with Gasteiger partial charge in [-0.3, -0.25) is 0 Å². The lowest BCUT2D eigenvalue weighted by atomic mass is 9.84. The van der Waals surface area contributed by atoms with Crippen molar-refractivity contribution in [3.63, 3.8) is 0 Å². The SMILES string of the molecule is Nc1cc(C2CCCCC2)ccc1Nc1cccc(-n2ccnc2)c1. The molecule has 4 rings (SSSR count). The summed E-state index contributed by atoms with van der Waals surface area (Å²) < 4.78 is 1.99. The van der Waals surface area contributed by atoms with Gasteiger partial charge in [-0.15, -0.1) is 0 Å². The fourth-order valence-electron chi connectivity index (χ4n) is 3.70. The predicted octanol–water partition coefficient (Wildman–Crippen LogP) is 5.25. The topological polar surface area (TPSA) is 55.9 Å². The zero-order valence-corrected chi connectivity index (χ0v) is 14.4. The van der Waals surface area contributed by atoms with Gasteiger partial charge < -0.3 is 15.6 Å². The second kappa shape index (κ2) is 7.01. The van der Waals surface area contributed by atoms with Crippen LogP contribution >= 0.6 is 0 Å². The van der Waals surface area contributed by atoms with Crippen LogP contribution < -0.4 is 11.1 Å². The molecule has 0 spiro atoms. The van der Waals surface area contributed by atoms with E-state index in [0.29, 0.717) is 5.92 Å². The molecule has 0 unspecified atom stereocenters. The van der Waals surface area contributed by atoms with Gasteiger partial charge in [0.05, 0.1) is 17.7 Å². The standard InChI is InChI=1S/C21H24N4/c22-20-13-17(16-5-2-1-3-6-16)9-10-21(20)24-18-7-4-8-19(14-18)25-12-11-23-15-25/h4,7-16,24H,1-3,5-6,22H2. The number of aromatic nitrogens is 2. The van der Waals surface area contributed by atoms with Gasteiger partial charge in [0.15, 0.2) is 0 Å². The Balaban J connectivity index is 1.54. The molecule has 128 valence electrons. The van der Waals surface area contributed by atoms with Crippen molar-refractivity contribution in [3.05, 3.63) is 66.7 Å². The first-order valence-corrected chi connectivity index (χ1v) is 9.04. The van der Waals surface area contributed by atoms with E-state index in [-0.39, 0.29) is 0 Å². The average molecular weight is 332 g/mol. The summed E-state index contributed by atoms with van der Waals surface area (Å²) in [5, 5.41) is 3.45. The van der Waals surface area contributed by atoms with Crippen LogP contribution in [0.4, 0.5) is 17.1 Å². The van der Waals surface area contributed by atoms with Crippen LogP contribution in [0.3, 0.4) is 0 Å². The molecular formula is C21H24N4. The average Bonchev–Trinajstić information content (AvgIpc) is 3.19. The van der Waals surface area contributed by atoms with E-state index in [1.165, 1.54) is 37.7 Å². The normalized spacial score (nSPS) is 15.2. The van der Waals surface area contributed by atoms with Crippen LogP contribution in [0.1, 0.15) is 43.6 Å². The zero-order chi connectivity index (χ0) is 17.1. The van der Waals surface area contributed by atoms with E-state index in [0.717, 1.165) is 22.7 Å². The van der Waals surface area contributed by atoms with E-state index in [4.69, 9.17) is 5.73 Å². The Bertz CT molecular complexity index is 833. The molecule has 25 heavy (non-hydrogen) atoms. The minimum atomic E-state index is 0.676. The first-order chi connectivity index (χ1) is 12.3. The number of nitrogens with one attached hydrogen (secondary N) is 1. The highest BCUT2D eigenvalue weighted by molar-refractivity contribution is 5.74. The molecule has 0 atom stereocenters. The number of nitrogen functional groups attached to an aromatic ring is 1. The molecule has 1 aromatic heterocycles. The number of anilines is 3. The monoisotopic (exact) mass is 332 g/mol. The van der Waals surface area contributed by atoms with Crippen molar-refractivity contribution in [1.82, 2.24) is 9.55 Å². The Morgan fingerprint density at radius 3 is 2.68 bits per heavy atom. The molecule has 1 saturated carbocycles. The summed E-state index contributed by atoms with van der Waals surface area (Å²) in [5.74, 6) is 0.676. The number of hydrogen-bond donors (Lipinski definition) is 2. The van der Waals surface area contributed by atoms with Crippen molar-refractivity contribution in [1.29, 1.82) is 0 Å². The second-order valence-corrected chi connectivity index (χ2v) is 6.83. The maximum Gasteiger partial charge on any atom is 0.0991 e. The third kappa shape index (κ3) is 3.53. The first-order valence-electron chi connectivity index (χ1n) is 9.04. The van der Waals surface area contributed by atoms with Crippen molar-refractivity contribution in [2.24, 2.45) is 0 Å². The molecule has 3 N–H and O–H groups in total. The van der Waals surface area contributed by atoms with Crippen LogP contribution in [-0.4, -0.2) is 9.55 Å². The summed E-state index contributed by atoms with van der Waals surface area (Å²) in [5.41, 5.74) is 11.6. The highest BCUT2D eigenvalue weighted by atomic mass is 15.0. The lowest BCUT2D eigenvalue weighted by Gasteiger charge is -2.23. The van der Waals surface area contributed by atoms with Crippen LogP contribution in [0.25, 0.3) is 5.69 Å². The number of hydrogen-bond acceptors (Lipinski definition) is 3. The van der Waals surface area contributed by atoms with E-state index in [2.05, 4.69) is 46.7 Å². The third-order valence-electron chi connectivity index (χ3n) is 5.08. The summed E-state index contributed by atoms with van der Waals surface area (Å²) in [6, 6.07) is 14.7. The van der Waals surface area contributed by atoms with Crippen LogP contribution in [0.15, 0.2) is 61.2 Å². The maximum absolute atomic E-state index is 6.33. The number of nitrogens with zero attached hydrogens (tertiary/aromatic N) is 2. The molecule has 3 aromatic rings. The molecule has 4 heteroatoms. The number of benzene rings is 2. The van der Waals surface area contributed by atoms with Gasteiger partial charge in [0.2, 0.25) is 0 Å². The fourth-order valence-corrected chi connectivity index (χ4v) is 3.70. The minimum Gasteiger partial charge on any atom is -0.397 e. The Labute approximate surface area is 148 Å². The lowest BCUT2D eigenvalue weighted by molar-refractivity contribution is 0.444. The molecule has 1 heterocycles. The summed E-state index contributed by atoms with van der Waals surface area (Å²) in [4.78, 5) is 4.10. The zero-order valence-electron chi connectivity index (χ0n) is 14.4. The molecule has 1 aliphatic rings. The van der Waals surface area contributed by atoms with Gasteiger partial charge in [-0.05, 0) is 54.7 Å². The lowest BCUT2D eigenvalue weighted by Crippen LogP contribution is -2.06. The van der Waals surface area contributed by atoms with E-state index in [1.807, 2.05) is 16.8 Å². The largest absolute Gasteiger partial charge is 0.397 e. The number of rotatable bonds is 4. The Kier molecular flexibility index (Phi) is 4.42.